The molecule has 146 valence electrons. The van der Waals surface area contributed by atoms with Crippen molar-refractivity contribution >= 4 is 49.6 Å². The Morgan fingerprint density at radius 3 is 1.77 bits per heavy atom. The van der Waals surface area contributed by atoms with Crippen LogP contribution in [0.1, 0.15) is 96.8 Å². The van der Waals surface area contributed by atoms with Crippen LogP contribution in [0.2, 0.25) is 0 Å². The van der Waals surface area contributed by atoms with Crippen LogP contribution in [0.5, 0.6) is 0 Å². The first-order valence-corrected chi connectivity index (χ1v) is 10.2. The molecule has 0 aliphatic heterocycles. The van der Waals surface area contributed by atoms with Gasteiger partial charge in [-0.2, -0.15) is 0 Å². The fraction of sp³-hybridized carbons (Fsp3) is 0.810. The first-order valence-electron chi connectivity index (χ1n) is 10.2. The second kappa shape index (κ2) is 21.2. The molecule has 0 atom stereocenters. The number of rotatable bonds is 17. The SMILES string of the molecule is CCCCCCCC/C=C\CCCCCCCC(=O)N(C)CC(=O)[O-].[Ca+2]. The Balaban J connectivity index is 0. The molecule has 0 aromatic rings. The summed E-state index contributed by atoms with van der Waals surface area (Å²) in [5, 5.41) is 10.4. The number of carboxylic acids is 1. The van der Waals surface area contributed by atoms with Gasteiger partial charge in [-0.15, -0.1) is 0 Å². The molecule has 0 saturated heterocycles. The third kappa shape index (κ3) is 20.3. The first-order chi connectivity index (χ1) is 12.1. The van der Waals surface area contributed by atoms with Crippen molar-refractivity contribution in [3.05, 3.63) is 12.2 Å². The maximum absolute atomic E-state index is 11.6. The Morgan fingerprint density at radius 1 is 0.808 bits per heavy atom. The number of aliphatic carboxylic acids is 1. The predicted octanol–water partition coefficient (Wildman–Crippen LogP) is 3.85. The van der Waals surface area contributed by atoms with Gasteiger partial charge < -0.3 is 14.8 Å². The number of allylic oxidation sites excluding steroid dienone is 2. The van der Waals surface area contributed by atoms with Crippen LogP contribution in [0.4, 0.5) is 0 Å². The minimum absolute atomic E-state index is 0. The summed E-state index contributed by atoms with van der Waals surface area (Å²) in [5.74, 6) is -1.32. The van der Waals surface area contributed by atoms with E-state index in [0.717, 1.165) is 25.7 Å². The van der Waals surface area contributed by atoms with Crippen molar-refractivity contribution in [2.24, 2.45) is 0 Å². The van der Waals surface area contributed by atoms with Crippen molar-refractivity contribution in [3.63, 3.8) is 0 Å². The number of amides is 1. The summed E-state index contributed by atoms with van der Waals surface area (Å²) in [6, 6.07) is 0. The van der Waals surface area contributed by atoms with Crippen molar-refractivity contribution in [2.45, 2.75) is 96.8 Å². The smallest absolute Gasteiger partial charge is 0.548 e. The number of carboxylic acid groups (broad SMARTS) is 1. The van der Waals surface area contributed by atoms with E-state index in [4.69, 9.17) is 0 Å². The van der Waals surface area contributed by atoms with Gasteiger partial charge >= 0.3 is 37.7 Å². The molecule has 0 rings (SSSR count). The monoisotopic (exact) mass is 392 g/mol. The van der Waals surface area contributed by atoms with E-state index in [1.807, 2.05) is 0 Å². The van der Waals surface area contributed by atoms with Gasteiger partial charge in [0.25, 0.3) is 0 Å². The molecule has 0 aliphatic carbocycles. The van der Waals surface area contributed by atoms with Crippen LogP contribution < -0.4 is 5.11 Å². The largest absolute Gasteiger partial charge is 2.00 e. The molecule has 0 aromatic carbocycles. The van der Waals surface area contributed by atoms with Crippen molar-refractivity contribution in [1.82, 2.24) is 4.90 Å². The molecule has 0 saturated carbocycles. The number of unbranched alkanes of at least 4 members (excludes halogenated alkanes) is 11. The molecule has 0 heterocycles. The van der Waals surface area contributed by atoms with Gasteiger partial charge in [0.1, 0.15) is 0 Å². The van der Waals surface area contributed by atoms with E-state index in [1.54, 1.807) is 0 Å². The number of nitrogens with zero attached hydrogens (tertiary/aromatic N) is 1. The Kier molecular flexibility index (Phi) is 23.0. The third-order valence-corrected chi connectivity index (χ3v) is 4.44. The molecular weight excluding hydrogens is 354 g/mol. The normalized spacial score (nSPS) is 10.7. The second-order valence-electron chi connectivity index (χ2n) is 6.96. The summed E-state index contributed by atoms with van der Waals surface area (Å²) < 4.78 is 0. The Hall–Kier alpha value is -0.0603. The van der Waals surface area contributed by atoms with Gasteiger partial charge in [0.2, 0.25) is 5.91 Å². The van der Waals surface area contributed by atoms with Gasteiger partial charge in [-0.25, -0.2) is 0 Å². The summed E-state index contributed by atoms with van der Waals surface area (Å²) in [6.45, 7) is 1.94. The zero-order valence-corrected chi connectivity index (χ0v) is 19.3. The van der Waals surface area contributed by atoms with Crippen LogP contribution in [0.25, 0.3) is 0 Å². The number of carbonyl (C=O) groups excluding carboxylic acids is 2. The Bertz CT molecular complexity index is 372. The van der Waals surface area contributed by atoms with Crippen LogP contribution in [-0.4, -0.2) is 68.1 Å². The van der Waals surface area contributed by atoms with Gasteiger partial charge in [0, 0.05) is 13.5 Å². The van der Waals surface area contributed by atoms with E-state index in [9.17, 15) is 14.7 Å². The zero-order chi connectivity index (χ0) is 18.8. The molecule has 0 radical (unpaired) electrons. The van der Waals surface area contributed by atoms with Gasteiger partial charge in [0.05, 0.1) is 12.5 Å². The maximum Gasteiger partial charge on any atom is 2.00 e. The quantitative estimate of drug-likeness (QED) is 0.215. The topological polar surface area (TPSA) is 60.4 Å². The van der Waals surface area contributed by atoms with E-state index in [0.29, 0.717) is 6.42 Å². The van der Waals surface area contributed by atoms with Crippen LogP contribution in [0, 0.1) is 0 Å². The van der Waals surface area contributed by atoms with Gasteiger partial charge in [-0.05, 0) is 32.1 Å². The molecule has 26 heavy (non-hydrogen) atoms. The maximum atomic E-state index is 11.6. The van der Waals surface area contributed by atoms with Gasteiger partial charge in [-0.3, -0.25) is 4.79 Å². The summed E-state index contributed by atoms with van der Waals surface area (Å²) in [7, 11) is 1.51. The third-order valence-electron chi connectivity index (χ3n) is 4.44. The Morgan fingerprint density at radius 2 is 1.27 bits per heavy atom. The average molecular weight is 393 g/mol. The summed E-state index contributed by atoms with van der Waals surface area (Å²) in [5.41, 5.74) is 0. The minimum Gasteiger partial charge on any atom is -0.548 e. The standard InChI is InChI=1S/C21H39NO3.Ca/c1-3-4-5-6-7-8-9-10-11-12-13-14-15-16-17-18-20(23)22(2)19-21(24)25;/h10-11H,3-9,12-19H2,1-2H3,(H,24,25);/q;+2/p-1/b11-10-;. The fourth-order valence-electron chi connectivity index (χ4n) is 2.82. The fourth-order valence-corrected chi connectivity index (χ4v) is 2.82. The van der Waals surface area contributed by atoms with Crippen molar-refractivity contribution in [1.29, 1.82) is 0 Å². The van der Waals surface area contributed by atoms with Crippen molar-refractivity contribution < 1.29 is 14.7 Å². The molecule has 0 aromatic heterocycles. The van der Waals surface area contributed by atoms with Crippen molar-refractivity contribution in [2.75, 3.05) is 13.6 Å². The average Bonchev–Trinajstić information content (AvgIpc) is 2.57. The molecule has 0 aliphatic rings. The van der Waals surface area contributed by atoms with Gasteiger partial charge in [0.15, 0.2) is 0 Å². The molecule has 0 fully saturated rings. The molecule has 0 unspecified atom stereocenters. The second-order valence-corrected chi connectivity index (χ2v) is 6.96. The predicted molar refractivity (Wildman–Crippen MR) is 108 cm³/mol. The van der Waals surface area contributed by atoms with Crippen LogP contribution in [-0.2, 0) is 9.59 Å². The molecule has 0 N–H and O–H groups in total. The molecule has 1 amide bonds. The van der Waals surface area contributed by atoms with E-state index < -0.39 is 5.97 Å². The minimum atomic E-state index is -1.21. The molecule has 4 nitrogen and oxygen atoms in total. The summed E-state index contributed by atoms with van der Waals surface area (Å²) in [6.07, 6.45) is 21.0. The summed E-state index contributed by atoms with van der Waals surface area (Å²) >= 11 is 0. The number of hydrogen-bond donors (Lipinski definition) is 0. The van der Waals surface area contributed by atoms with E-state index in [2.05, 4.69) is 19.1 Å². The van der Waals surface area contributed by atoms with E-state index in [1.165, 1.54) is 69.7 Å². The Labute approximate surface area is 190 Å². The number of carbonyl (C=O) groups is 2. The molecule has 0 spiro atoms. The molecule has 0 bridgehead atoms. The molecule has 5 heteroatoms. The van der Waals surface area contributed by atoms with Crippen LogP contribution >= 0.6 is 0 Å². The van der Waals surface area contributed by atoms with E-state index in [-0.39, 0.29) is 50.2 Å². The van der Waals surface area contributed by atoms with Crippen LogP contribution in [0.15, 0.2) is 12.2 Å². The zero-order valence-electron chi connectivity index (χ0n) is 17.1. The van der Waals surface area contributed by atoms with E-state index >= 15 is 0 Å². The van der Waals surface area contributed by atoms with Gasteiger partial charge in [-0.1, -0.05) is 70.4 Å². The summed E-state index contributed by atoms with van der Waals surface area (Å²) in [4.78, 5) is 23.3. The molecular formula is C21H38CaNO3+. The van der Waals surface area contributed by atoms with Crippen molar-refractivity contribution in [3.8, 4) is 0 Å². The number of likely N-dealkylation sites (N-methyl/N-ethyl adjacent to an activating group) is 1. The van der Waals surface area contributed by atoms with Crippen LogP contribution in [0.3, 0.4) is 0 Å². The first kappa shape index (κ1) is 28.2. The number of hydrogen-bond acceptors (Lipinski definition) is 3.